The predicted molar refractivity (Wildman–Crippen MR) is 184 cm³/mol. The Balaban J connectivity index is 0.822. The van der Waals surface area contributed by atoms with Gasteiger partial charge in [-0.25, -0.2) is 4.68 Å². The van der Waals surface area contributed by atoms with Crippen LogP contribution < -0.4 is 0 Å². The first-order valence-corrected chi connectivity index (χ1v) is 17.1. The lowest BCUT2D eigenvalue weighted by Crippen LogP contribution is -2.05. The maximum Gasteiger partial charge on any atom is 0.204 e. The van der Waals surface area contributed by atoms with Gasteiger partial charge in [-0.1, -0.05) is 105 Å². The Morgan fingerprint density at radius 1 is 0.380 bits per heavy atom. The third kappa shape index (κ3) is 8.50. The second kappa shape index (κ2) is 16.4. The van der Waals surface area contributed by atoms with Crippen molar-refractivity contribution in [2.24, 2.45) is 0 Å². The molecule has 0 amide bonds. The van der Waals surface area contributed by atoms with Gasteiger partial charge in [0.15, 0.2) is 5.82 Å². The highest BCUT2D eigenvalue weighted by atomic mass is 15.6. The molecule has 0 saturated carbocycles. The van der Waals surface area contributed by atoms with Crippen LogP contribution in [0, 0.1) is 0 Å². The molecule has 0 fully saturated rings. The van der Waals surface area contributed by atoms with E-state index in [1.165, 1.54) is 0 Å². The summed E-state index contributed by atoms with van der Waals surface area (Å²) in [5, 5.41) is 51.4. The van der Waals surface area contributed by atoms with Gasteiger partial charge in [-0.15, -0.1) is 35.7 Å². The van der Waals surface area contributed by atoms with Gasteiger partial charge < -0.3 is 0 Å². The lowest BCUT2D eigenvalue weighted by molar-refractivity contribution is 0.449. The van der Waals surface area contributed by atoms with Gasteiger partial charge in [0.1, 0.15) is 0 Å². The Bertz CT molecular complexity index is 2050. The normalized spacial score (nSPS) is 11.4. The monoisotopic (exact) mass is 670 g/mol. The van der Waals surface area contributed by atoms with Crippen LogP contribution in [-0.2, 0) is 26.2 Å². The van der Waals surface area contributed by atoms with Crippen LogP contribution in [0.4, 0.5) is 0 Å². The van der Waals surface area contributed by atoms with Crippen molar-refractivity contribution in [2.45, 2.75) is 77.5 Å². The van der Waals surface area contributed by atoms with E-state index >= 15 is 0 Å². The Hall–Kier alpha value is -6.06. The molecule has 254 valence electrons. The Kier molecular flexibility index (Phi) is 10.6. The van der Waals surface area contributed by atoms with Crippen LogP contribution in [0.3, 0.4) is 0 Å². The molecule has 16 heteroatoms. The van der Waals surface area contributed by atoms with Gasteiger partial charge in [0, 0.05) is 28.8 Å². The standard InChI is InChI=1S/C34H38N16/c1(2-12-23-48-39-31(35-43-48)27-16-7-5-8-17-27)11-22-47-34(38-42-46-47)30-21-15-20-29(26-30)33-37-45-50(41-33)25-14-4-3-13-24-49-40-32(36-44-49)28-18-9-6-10-19-28/h5-10,15-21,26H,1-4,11-14,22-25H2. The smallest absolute Gasteiger partial charge is 0.204 e. The summed E-state index contributed by atoms with van der Waals surface area (Å²) in [6, 6.07) is 27.8. The summed E-state index contributed by atoms with van der Waals surface area (Å²) in [6.07, 6.45) is 8.05. The molecule has 0 N–H and O–H groups in total. The van der Waals surface area contributed by atoms with Crippen molar-refractivity contribution >= 4 is 0 Å². The third-order valence-corrected chi connectivity index (χ3v) is 8.28. The molecule has 16 nitrogen and oxygen atoms in total. The zero-order valence-corrected chi connectivity index (χ0v) is 27.7. The summed E-state index contributed by atoms with van der Waals surface area (Å²) in [6.45, 7) is 2.91. The average Bonchev–Trinajstić information content (AvgIpc) is 4.00. The minimum absolute atomic E-state index is 0.579. The molecule has 50 heavy (non-hydrogen) atoms. The summed E-state index contributed by atoms with van der Waals surface area (Å²) in [4.78, 5) is 5.01. The molecule has 4 heterocycles. The Morgan fingerprint density at radius 3 is 1.34 bits per heavy atom. The maximum atomic E-state index is 4.63. The Labute approximate surface area is 288 Å². The minimum atomic E-state index is 0.579. The zero-order valence-electron chi connectivity index (χ0n) is 27.7. The highest BCUT2D eigenvalue weighted by molar-refractivity contribution is 5.65. The molecule has 7 rings (SSSR count). The van der Waals surface area contributed by atoms with E-state index < -0.39 is 0 Å². The number of unbranched alkanes of at least 4 members (excludes halogenated alkanes) is 6. The number of nitrogens with zero attached hydrogens (tertiary/aromatic N) is 16. The fourth-order valence-corrected chi connectivity index (χ4v) is 5.62. The van der Waals surface area contributed by atoms with Crippen LogP contribution in [0.1, 0.15) is 51.4 Å². The van der Waals surface area contributed by atoms with Crippen LogP contribution in [-0.4, -0.2) is 80.8 Å². The first-order chi connectivity index (χ1) is 24.8. The fourth-order valence-electron chi connectivity index (χ4n) is 5.62. The third-order valence-electron chi connectivity index (χ3n) is 8.28. The van der Waals surface area contributed by atoms with Gasteiger partial charge in [0.05, 0.1) is 19.6 Å². The SMILES string of the molecule is c1ccc(-c2nnn(CCCCCCn3nnc(-c4cccc(-c5nnnn5CCCCCCn5nnc(-c6ccccc6)n5)c4)n3)n2)cc1. The van der Waals surface area contributed by atoms with E-state index in [1.54, 1.807) is 14.4 Å². The van der Waals surface area contributed by atoms with Crippen molar-refractivity contribution < 1.29 is 0 Å². The van der Waals surface area contributed by atoms with Crippen LogP contribution in [0.5, 0.6) is 0 Å². The molecule has 0 radical (unpaired) electrons. The minimum Gasteiger partial charge on any atom is -0.225 e. The largest absolute Gasteiger partial charge is 0.225 e. The molecule has 0 unspecified atom stereocenters. The van der Waals surface area contributed by atoms with E-state index in [-0.39, 0.29) is 0 Å². The first-order valence-electron chi connectivity index (χ1n) is 17.1. The average molecular weight is 671 g/mol. The number of hydrogen-bond acceptors (Lipinski definition) is 12. The molecular weight excluding hydrogens is 632 g/mol. The first kappa shape index (κ1) is 32.5. The van der Waals surface area contributed by atoms with Gasteiger partial charge in [-0.2, -0.15) is 14.4 Å². The number of tetrazole rings is 4. The molecule has 0 bridgehead atoms. The molecule has 0 atom stereocenters. The number of hydrogen-bond donors (Lipinski definition) is 0. The Morgan fingerprint density at radius 2 is 0.820 bits per heavy atom. The molecule has 0 aliphatic carbocycles. The number of rotatable bonds is 18. The van der Waals surface area contributed by atoms with E-state index in [4.69, 9.17) is 0 Å². The summed E-state index contributed by atoms with van der Waals surface area (Å²) in [5.74, 6) is 2.61. The van der Waals surface area contributed by atoms with E-state index in [2.05, 4.69) is 61.8 Å². The molecule has 7 aromatic rings. The summed E-state index contributed by atoms with van der Waals surface area (Å²) in [5.41, 5.74) is 3.73. The van der Waals surface area contributed by atoms with E-state index in [1.807, 2.05) is 89.6 Å². The van der Waals surface area contributed by atoms with Crippen molar-refractivity contribution in [1.82, 2.24) is 80.8 Å². The molecule has 0 aliphatic rings. The predicted octanol–water partition coefficient (Wildman–Crippen LogP) is 4.82. The zero-order chi connectivity index (χ0) is 33.8. The van der Waals surface area contributed by atoms with Crippen molar-refractivity contribution in [3.63, 3.8) is 0 Å². The van der Waals surface area contributed by atoms with Crippen LogP contribution in [0.25, 0.3) is 45.6 Å². The number of aryl methyl sites for hydroxylation is 4. The highest BCUT2D eigenvalue weighted by Crippen LogP contribution is 2.23. The summed E-state index contributed by atoms with van der Waals surface area (Å²) < 4.78 is 1.86. The van der Waals surface area contributed by atoms with Crippen molar-refractivity contribution in [3.05, 3.63) is 84.9 Å². The number of aromatic nitrogens is 16. The molecule has 0 spiro atoms. The van der Waals surface area contributed by atoms with E-state index in [0.717, 1.165) is 99.1 Å². The van der Waals surface area contributed by atoms with Gasteiger partial charge in [-0.05, 0) is 57.8 Å². The van der Waals surface area contributed by atoms with Gasteiger partial charge in [0.2, 0.25) is 17.5 Å². The van der Waals surface area contributed by atoms with Crippen LogP contribution >= 0.6 is 0 Å². The fraction of sp³-hybridized carbons (Fsp3) is 0.353. The van der Waals surface area contributed by atoms with Crippen LogP contribution in [0.15, 0.2) is 84.9 Å². The van der Waals surface area contributed by atoms with Gasteiger partial charge in [0.25, 0.3) is 0 Å². The van der Waals surface area contributed by atoms with Crippen molar-refractivity contribution in [1.29, 1.82) is 0 Å². The molecule has 0 saturated heterocycles. The second-order valence-electron chi connectivity index (χ2n) is 12.0. The van der Waals surface area contributed by atoms with Gasteiger partial charge in [-0.3, -0.25) is 0 Å². The highest BCUT2D eigenvalue weighted by Gasteiger charge is 2.13. The number of benzene rings is 3. The quantitative estimate of drug-likeness (QED) is 0.114. The second-order valence-corrected chi connectivity index (χ2v) is 12.0. The lowest BCUT2D eigenvalue weighted by Gasteiger charge is -2.06. The molecule has 4 aromatic heterocycles. The van der Waals surface area contributed by atoms with Crippen molar-refractivity contribution in [2.75, 3.05) is 0 Å². The van der Waals surface area contributed by atoms with E-state index in [0.29, 0.717) is 24.0 Å². The van der Waals surface area contributed by atoms with E-state index in [9.17, 15) is 0 Å². The van der Waals surface area contributed by atoms with Crippen LogP contribution in [0.2, 0.25) is 0 Å². The van der Waals surface area contributed by atoms with Crippen molar-refractivity contribution in [3.8, 4) is 45.6 Å². The topological polar surface area (TPSA) is 174 Å². The molecule has 3 aromatic carbocycles. The summed E-state index contributed by atoms with van der Waals surface area (Å²) in [7, 11) is 0. The molecular formula is C34H38N16. The molecule has 0 aliphatic heterocycles. The summed E-state index contributed by atoms with van der Waals surface area (Å²) >= 11 is 0. The lowest BCUT2D eigenvalue weighted by atomic mass is 10.1. The van der Waals surface area contributed by atoms with Gasteiger partial charge >= 0.3 is 0 Å². The maximum absolute atomic E-state index is 4.63.